The van der Waals surface area contributed by atoms with Crippen molar-refractivity contribution >= 4 is 10.0 Å². The van der Waals surface area contributed by atoms with Gasteiger partial charge in [-0.3, -0.25) is 0 Å². The Morgan fingerprint density at radius 3 is 2.46 bits per heavy atom. The SMILES string of the molecule is C/C=C/C=C/CN([C@@H]1CCCC[C@H]1O)S(=O)(=O)c1ccc(C)cc1. The Morgan fingerprint density at radius 1 is 1.17 bits per heavy atom. The minimum Gasteiger partial charge on any atom is -0.391 e. The van der Waals surface area contributed by atoms with Crippen LogP contribution < -0.4 is 0 Å². The van der Waals surface area contributed by atoms with Crippen LogP contribution in [0.3, 0.4) is 0 Å². The van der Waals surface area contributed by atoms with Crippen LogP contribution >= 0.6 is 0 Å². The molecule has 1 fully saturated rings. The zero-order chi connectivity index (χ0) is 17.6. The van der Waals surface area contributed by atoms with Crippen LogP contribution in [0.4, 0.5) is 0 Å². The van der Waals surface area contributed by atoms with Crippen LogP contribution in [0.5, 0.6) is 0 Å². The van der Waals surface area contributed by atoms with Gasteiger partial charge in [0.15, 0.2) is 0 Å². The fourth-order valence-corrected chi connectivity index (χ4v) is 4.67. The Balaban J connectivity index is 2.34. The molecule has 0 bridgehead atoms. The lowest BCUT2D eigenvalue weighted by molar-refractivity contribution is 0.0593. The van der Waals surface area contributed by atoms with E-state index in [0.717, 1.165) is 18.4 Å². The van der Waals surface area contributed by atoms with Crippen molar-refractivity contribution in [2.75, 3.05) is 6.54 Å². The van der Waals surface area contributed by atoms with Gasteiger partial charge in [-0.1, -0.05) is 54.8 Å². The largest absolute Gasteiger partial charge is 0.391 e. The third-order valence-electron chi connectivity index (χ3n) is 4.42. The number of allylic oxidation sites excluding steroid dienone is 3. The van der Waals surface area contributed by atoms with Crippen molar-refractivity contribution in [2.24, 2.45) is 0 Å². The zero-order valence-corrected chi connectivity index (χ0v) is 15.2. The lowest BCUT2D eigenvalue weighted by Crippen LogP contribution is -2.48. The molecule has 1 aromatic carbocycles. The van der Waals surface area contributed by atoms with E-state index >= 15 is 0 Å². The topological polar surface area (TPSA) is 57.6 Å². The molecule has 0 unspecified atom stereocenters. The van der Waals surface area contributed by atoms with Crippen LogP contribution in [0.25, 0.3) is 0 Å². The van der Waals surface area contributed by atoms with Crippen molar-refractivity contribution in [1.82, 2.24) is 4.31 Å². The summed E-state index contributed by atoms with van der Waals surface area (Å²) >= 11 is 0. The maximum absolute atomic E-state index is 13.1. The summed E-state index contributed by atoms with van der Waals surface area (Å²) in [7, 11) is -3.64. The molecule has 0 aliphatic heterocycles. The van der Waals surface area contributed by atoms with Crippen molar-refractivity contribution in [3.05, 3.63) is 54.1 Å². The Labute approximate surface area is 145 Å². The monoisotopic (exact) mass is 349 g/mol. The molecule has 0 radical (unpaired) electrons. The van der Waals surface area contributed by atoms with Gasteiger partial charge in [0.2, 0.25) is 10.0 Å². The molecule has 1 N–H and O–H groups in total. The van der Waals surface area contributed by atoms with Crippen molar-refractivity contribution in [1.29, 1.82) is 0 Å². The number of hydrogen-bond donors (Lipinski definition) is 1. The maximum atomic E-state index is 13.1. The molecule has 0 amide bonds. The second-order valence-electron chi connectivity index (χ2n) is 6.26. The molecule has 1 aliphatic rings. The quantitative estimate of drug-likeness (QED) is 0.801. The molecule has 0 spiro atoms. The predicted molar refractivity (Wildman–Crippen MR) is 97.3 cm³/mol. The lowest BCUT2D eigenvalue weighted by atomic mass is 9.92. The van der Waals surface area contributed by atoms with Crippen LogP contribution in [-0.4, -0.2) is 36.5 Å². The molecule has 132 valence electrons. The first-order valence-electron chi connectivity index (χ1n) is 8.51. The van der Waals surface area contributed by atoms with Gasteiger partial charge in [-0.25, -0.2) is 8.42 Å². The van der Waals surface area contributed by atoms with Gasteiger partial charge in [0.05, 0.1) is 17.0 Å². The number of hydrogen-bond acceptors (Lipinski definition) is 3. The molecular weight excluding hydrogens is 322 g/mol. The van der Waals surface area contributed by atoms with E-state index in [2.05, 4.69) is 0 Å². The van der Waals surface area contributed by atoms with Crippen LogP contribution in [-0.2, 0) is 10.0 Å². The Hall–Kier alpha value is -1.43. The molecule has 4 nitrogen and oxygen atoms in total. The summed E-state index contributed by atoms with van der Waals surface area (Å²) in [6, 6.07) is 6.53. The number of aryl methyl sites for hydroxylation is 1. The Kier molecular flexibility index (Phi) is 6.78. The Morgan fingerprint density at radius 2 is 1.83 bits per heavy atom. The summed E-state index contributed by atoms with van der Waals surface area (Å²) in [6.45, 7) is 4.11. The zero-order valence-electron chi connectivity index (χ0n) is 14.4. The van der Waals surface area contributed by atoms with Crippen molar-refractivity contribution < 1.29 is 13.5 Å². The van der Waals surface area contributed by atoms with Crippen molar-refractivity contribution in [3.8, 4) is 0 Å². The molecular formula is C19H27NO3S. The van der Waals surface area contributed by atoms with Gasteiger partial charge in [-0.2, -0.15) is 4.31 Å². The third kappa shape index (κ3) is 4.56. The molecule has 24 heavy (non-hydrogen) atoms. The van der Waals surface area contributed by atoms with E-state index in [1.807, 2.05) is 38.2 Å². The number of aliphatic hydroxyl groups is 1. The summed E-state index contributed by atoms with van der Waals surface area (Å²) in [5.74, 6) is 0. The summed E-state index contributed by atoms with van der Waals surface area (Å²) in [5.41, 5.74) is 1.02. The van der Waals surface area contributed by atoms with E-state index in [1.165, 1.54) is 4.31 Å². The van der Waals surface area contributed by atoms with Gasteiger partial charge >= 0.3 is 0 Å². The average Bonchev–Trinajstić information content (AvgIpc) is 2.56. The normalized spacial score (nSPS) is 22.7. The van der Waals surface area contributed by atoms with E-state index in [4.69, 9.17) is 0 Å². The first-order valence-corrected chi connectivity index (χ1v) is 9.95. The molecule has 1 saturated carbocycles. The number of rotatable bonds is 6. The predicted octanol–water partition coefficient (Wildman–Crippen LogP) is 3.42. The molecule has 0 heterocycles. The van der Waals surface area contributed by atoms with Gasteiger partial charge in [-0.15, -0.1) is 0 Å². The highest BCUT2D eigenvalue weighted by Crippen LogP contribution is 2.28. The summed E-state index contributed by atoms with van der Waals surface area (Å²) in [4.78, 5) is 0.283. The van der Waals surface area contributed by atoms with Crippen LogP contribution in [0, 0.1) is 6.92 Å². The maximum Gasteiger partial charge on any atom is 0.243 e. The van der Waals surface area contributed by atoms with Crippen molar-refractivity contribution in [2.45, 2.75) is 56.6 Å². The molecule has 0 aromatic heterocycles. The number of aliphatic hydroxyl groups excluding tert-OH is 1. The molecule has 2 atom stereocenters. The number of sulfonamides is 1. The standard InChI is InChI=1S/C19H27NO3S/c1-3-4-5-8-15-20(18-9-6-7-10-19(18)21)24(22,23)17-13-11-16(2)12-14-17/h3-5,8,11-14,18-19,21H,6-7,9-10,15H2,1-2H3/b4-3+,8-5+/t18-,19-/m1/s1. The summed E-state index contributed by atoms with van der Waals surface area (Å²) in [6.07, 6.45) is 10.1. The van der Waals surface area contributed by atoms with E-state index < -0.39 is 16.1 Å². The molecule has 1 aliphatic carbocycles. The summed E-state index contributed by atoms with van der Waals surface area (Å²) < 4.78 is 27.7. The highest BCUT2D eigenvalue weighted by atomic mass is 32.2. The molecule has 1 aromatic rings. The van der Waals surface area contributed by atoms with E-state index in [0.29, 0.717) is 12.8 Å². The first kappa shape index (κ1) is 18.9. The fraction of sp³-hybridized carbons (Fsp3) is 0.474. The van der Waals surface area contributed by atoms with E-state index in [1.54, 1.807) is 24.3 Å². The average molecular weight is 349 g/mol. The van der Waals surface area contributed by atoms with E-state index in [-0.39, 0.29) is 17.5 Å². The van der Waals surface area contributed by atoms with Gasteiger partial charge < -0.3 is 5.11 Å². The number of benzene rings is 1. The second kappa shape index (κ2) is 8.60. The highest BCUT2D eigenvalue weighted by molar-refractivity contribution is 7.89. The third-order valence-corrected chi connectivity index (χ3v) is 6.32. The fourth-order valence-electron chi connectivity index (χ4n) is 3.04. The molecule has 5 heteroatoms. The van der Waals surface area contributed by atoms with Gasteiger partial charge in [-0.05, 0) is 38.8 Å². The van der Waals surface area contributed by atoms with Gasteiger partial charge in [0.1, 0.15) is 0 Å². The minimum atomic E-state index is -3.64. The second-order valence-corrected chi connectivity index (χ2v) is 8.15. The lowest BCUT2D eigenvalue weighted by Gasteiger charge is -2.36. The van der Waals surface area contributed by atoms with Crippen LogP contribution in [0.15, 0.2) is 53.5 Å². The van der Waals surface area contributed by atoms with Gasteiger partial charge in [0.25, 0.3) is 0 Å². The van der Waals surface area contributed by atoms with E-state index in [9.17, 15) is 13.5 Å². The highest BCUT2D eigenvalue weighted by Gasteiger charge is 2.36. The summed E-state index contributed by atoms with van der Waals surface area (Å²) in [5, 5.41) is 10.4. The molecule has 0 saturated heterocycles. The molecule has 2 rings (SSSR count). The smallest absolute Gasteiger partial charge is 0.243 e. The first-order chi connectivity index (χ1) is 11.5. The van der Waals surface area contributed by atoms with Crippen molar-refractivity contribution in [3.63, 3.8) is 0 Å². The van der Waals surface area contributed by atoms with Crippen LogP contribution in [0.1, 0.15) is 38.2 Å². The number of nitrogens with zero attached hydrogens (tertiary/aromatic N) is 1. The van der Waals surface area contributed by atoms with Crippen LogP contribution in [0.2, 0.25) is 0 Å². The van der Waals surface area contributed by atoms with Gasteiger partial charge in [0, 0.05) is 6.54 Å². The Bertz CT molecular complexity index is 677. The minimum absolute atomic E-state index is 0.266.